The Morgan fingerprint density at radius 3 is 2.77 bits per heavy atom. The Morgan fingerprint density at radius 1 is 1.32 bits per heavy atom. The Morgan fingerprint density at radius 2 is 2.05 bits per heavy atom. The lowest BCUT2D eigenvalue weighted by molar-refractivity contribution is -0.129. The maximum Gasteiger partial charge on any atom is 0.269 e. The van der Waals surface area contributed by atoms with Gasteiger partial charge in [0.15, 0.2) is 23.0 Å². The molecule has 0 saturated heterocycles. The van der Waals surface area contributed by atoms with Gasteiger partial charge < -0.3 is 16.2 Å². The van der Waals surface area contributed by atoms with Crippen molar-refractivity contribution in [3.8, 4) is 17.1 Å². The second kappa shape index (κ2) is 5.47. The molecule has 7 nitrogen and oxygen atoms in total. The SMILES string of the molecule is CC1(C)Oc2ccc(-c3nc(Cl)ncc3F)nc2NC1=O.N. The second-order valence-corrected chi connectivity index (χ2v) is 5.28. The van der Waals surface area contributed by atoms with Crippen LogP contribution in [0.2, 0.25) is 5.28 Å². The molecule has 116 valence electrons. The topological polar surface area (TPSA) is 112 Å². The van der Waals surface area contributed by atoms with Gasteiger partial charge >= 0.3 is 0 Å². The van der Waals surface area contributed by atoms with Crippen LogP contribution in [0.3, 0.4) is 0 Å². The fourth-order valence-corrected chi connectivity index (χ4v) is 1.99. The van der Waals surface area contributed by atoms with Gasteiger partial charge in [0.05, 0.1) is 11.9 Å². The fourth-order valence-electron chi connectivity index (χ4n) is 1.85. The number of hydrogen-bond acceptors (Lipinski definition) is 6. The minimum absolute atomic E-state index is 0. The molecule has 2 aromatic rings. The van der Waals surface area contributed by atoms with E-state index in [9.17, 15) is 9.18 Å². The largest absolute Gasteiger partial charge is 0.474 e. The number of anilines is 1. The molecule has 3 rings (SSSR count). The molecule has 0 unspecified atom stereocenters. The van der Waals surface area contributed by atoms with Crippen molar-refractivity contribution in [1.29, 1.82) is 0 Å². The number of nitrogens with one attached hydrogen (secondary N) is 1. The molecule has 0 fully saturated rings. The highest BCUT2D eigenvalue weighted by atomic mass is 35.5. The number of fused-ring (bicyclic) bond motifs is 1. The maximum atomic E-state index is 13.7. The zero-order valence-corrected chi connectivity index (χ0v) is 12.6. The van der Waals surface area contributed by atoms with Crippen molar-refractivity contribution in [2.24, 2.45) is 0 Å². The van der Waals surface area contributed by atoms with Crippen molar-refractivity contribution in [1.82, 2.24) is 21.1 Å². The molecule has 9 heteroatoms. The van der Waals surface area contributed by atoms with Crippen molar-refractivity contribution in [3.63, 3.8) is 0 Å². The van der Waals surface area contributed by atoms with E-state index in [1.807, 2.05) is 0 Å². The van der Waals surface area contributed by atoms with Crippen LogP contribution in [-0.2, 0) is 4.79 Å². The van der Waals surface area contributed by atoms with E-state index in [1.54, 1.807) is 19.9 Å². The number of rotatable bonds is 1. The average molecular weight is 326 g/mol. The van der Waals surface area contributed by atoms with E-state index in [1.165, 1.54) is 6.07 Å². The van der Waals surface area contributed by atoms with Crippen LogP contribution in [0.1, 0.15) is 13.8 Å². The van der Waals surface area contributed by atoms with Gasteiger partial charge in [-0.3, -0.25) is 4.79 Å². The summed E-state index contributed by atoms with van der Waals surface area (Å²) in [4.78, 5) is 23.3. The highest BCUT2D eigenvalue weighted by Gasteiger charge is 2.36. The molecule has 2 aromatic heterocycles. The van der Waals surface area contributed by atoms with E-state index in [0.717, 1.165) is 6.20 Å². The molecule has 1 aliphatic heterocycles. The number of nitrogens with zero attached hydrogens (tertiary/aromatic N) is 3. The van der Waals surface area contributed by atoms with Gasteiger partial charge in [-0.1, -0.05) is 0 Å². The zero-order chi connectivity index (χ0) is 15.2. The number of halogens is 2. The van der Waals surface area contributed by atoms with Gasteiger partial charge in [-0.2, -0.15) is 0 Å². The van der Waals surface area contributed by atoms with Crippen molar-refractivity contribution < 1.29 is 13.9 Å². The Kier molecular flexibility index (Phi) is 3.99. The monoisotopic (exact) mass is 325 g/mol. The van der Waals surface area contributed by atoms with Crippen LogP contribution in [0.5, 0.6) is 5.75 Å². The van der Waals surface area contributed by atoms with E-state index in [0.29, 0.717) is 5.75 Å². The van der Waals surface area contributed by atoms with Gasteiger partial charge in [0.25, 0.3) is 5.91 Å². The first-order chi connectivity index (χ1) is 9.87. The summed E-state index contributed by atoms with van der Waals surface area (Å²) in [6, 6.07) is 3.13. The third-order valence-corrected chi connectivity index (χ3v) is 3.14. The lowest BCUT2D eigenvalue weighted by Gasteiger charge is -2.30. The molecule has 3 heterocycles. The quantitative estimate of drug-likeness (QED) is 0.779. The molecule has 22 heavy (non-hydrogen) atoms. The number of aromatic nitrogens is 3. The lowest BCUT2D eigenvalue weighted by atomic mass is 10.1. The maximum absolute atomic E-state index is 13.7. The molecule has 1 aliphatic rings. The van der Waals surface area contributed by atoms with Crippen molar-refractivity contribution in [2.75, 3.05) is 5.32 Å². The standard InChI is InChI=1S/C13H10ClFN4O2.H3N/c1-13(2)11(20)19-10-8(21-13)4-3-7(17-10)9-6(15)5-16-12(14)18-9;/h3-5H,1-2H3,(H,17,19,20);1H3. The van der Waals surface area contributed by atoms with Crippen LogP contribution in [0.15, 0.2) is 18.3 Å². The number of hydrogen-bond donors (Lipinski definition) is 2. The van der Waals surface area contributed by atoms with Crippen LogP contribution < -0.4 is 16.2 Å². The van der Waals surface area contributed by atoms with E-state index >= 15 is 0 Å². The van der Waals surface area contributed by atoms with Crippen LogP contribution in [0.4, 0.5) is 10.2 Å². The molecule has 0 bridgehead atoms. The minimum atomic E-state index is -0.986. The van der Waals surface area contributed by atoms with E-state index < -0.39 is 11.4 Å². The molecule has 4 N–H and O–H groups in total. The molecule has 0 saturated carbocycles. The summed E-state index contributed by atoms with van der Waals surface area (Å²) < 4.78 is 19.3. The van der Waals surface area contributed by atoms with E-state index in [-0.39, 0.29) is 34.5 Å². The molecule has 0 aromatic carbocycles. The zero-order valence-electron chi connectivity index (χ0n) is 11.9. The van der Waals surface area contributed by atoms with Crippen LogP contribution in [0, 0.1) is 5.82 Å². The summed E-state index contributed by atoms with van der Waals surface area (Å²) in [7, 11) is 0. The molecule has 0 aliphatic carbocycles. The van der Waals surface area contributed by atoms with Gasteiger partial charge in [-0.25, -0.2) is 19.3 Å². The minimum Gasteiger partial charge on any atom is -0.474 e. The third kappa shape index (κ3) is 2.70. The first-order valence-electron chi connectivity index (χ1n) is 6.07. The Balaban J connectivity index is 0.00000176. The molecular weight excluding hydrogens is 313 g/mol. The molecular formula is C13H13ClFN5O2. The molecule has 0 spiro atoms. The number of carbonyl (C=O) groups is 1. The number of pyridine rings is 1. The summed E-state index contributed by atoms with van der Waals surface area (Å²) in [6.07, 6.45) is 0.962. The lowest BCUT2D eigenvalue weighted by Crippen LogP contribution is -2.46. The predicted octanol–water partition coefficient (Wildman–Crippen LogP) is 2.60. The second-order valence-electron chi connectivity index (χ2n) is 4.95. The fraction of sp³-hybridized carbons (Fsp3) is 0.231. The summed E-state index contributed by atoms with van der Waals surface area (Å²) in [6.45, 7) is 3.28. The molecule has 1 amide bonds. The van der Waals surface area contributed by atoms with Crippen LogP contribution in [-0.4, -0.2) is 26.5 Å². The van der Waals surface area contributed by atoms with Gasteiger partial charge in [0.1, 0.15) is 5.69 Å². The average Bonchev–Trinajstić information content (AvgIpc) is 2.42. The highest BCUT2D eigenvalue weighted by Crippen LogP contribution is 2.34. The molecule has 0 atom stereocenters. The van der Waals surface area contributed by atoms with Crippen molar-refractivity contribution >= 4 is 23.3 Å². The smallest absolute Gasteiger partial charge is 0.269 e. The summed E-state index contributed by atoms with van der Waals surface area (Å²) >= 11 is 5.66. The highest BCUT2D eigenvalue weighted by molar-refractivity contribution is 6.28. The van der Waals surface area contributed by atoms with Gasteiger partial charge in [-0.05, 0) is 37.6 Å². The third-order valence-electron chi connectivity index (χ3n) is 2.96. The van der Waals surface area contributed by atoms with Gasteiger partial charge in [0.2, 0.25) is 5.28 Å². The Bertz CT molecular complexity index is 753. The summed E-state index contributed by atoms with van der Waals surface area (Å²) in [5.41, 5.74) is -0.810. The number of carbonyl (C=O) groups excluding carboxylic acids is 1. The first kappa shape index (κ1) is 16.1. The Labute approximate surface area is 130 Å². The normalized spacial score (nSPS) is 15.2. The van der Waals surface area contributed by atoms with Gasteiger partial charge in [-0.15, -0.1) is 0 Å². The number of amides is 1. The summed E-state index contributed by atoms with van der Waals surface area (Å²) in [5.74, 6) is -0.369. The predicted molar refractivity (Wildman–Crippen MR) is 78.6 cm³/mol. The van der Waals surface area contributed by atoms with Crippen LogP contribution in [0.25, 0.3) is 11.4 Å². The molecule has 0 radical (unpaired) electrons. The van der Waals surface area contributed by atoms with Gasteiger partial charge in [0, 0.05) is 0 Å². The summed E-state index contributed by atoms with van der Waals surface area (Å²) in [5, 5.41) is 2.53. The van der Waals surface area contributed by atoms with Crippen molar-refractivity contribution in [3.05, 3.63) is 29.4 Å². The Hall–Kier alpha value is -2.32. The van der Waals surface area contributed by atoms with Crippen molar-refractivity contribution in [2.45, 2.75) is 19.4 Å². The van der Waals surface area contributed by atoms with Crippen LogP contribution >= 0.6 is 11.6 Å². The van der Waals surface area contributed by atoms with E-state index in [4.69, 9.17) is 16.3 Å². The number of ether oxygens (including phenoxy) is 1. The van der Waals surface area contributed by atoms with E-state index in [2.05, 4.69) is 20.3 Å². The first-order valence-corrected chi connectivity index (χ1v) is 6.44.